The van der Waals surface area contributed by atoms with E-state index in [1.165, 1.54) is 24.3 Å². The van der Waals surface area contributed by atoms with Gasteiger partial charge in [-0.3, -0.25) is 20.2 Å². The van der Waals surface area contributed by atoms with Crippen molar-refractivity contribution in [2.24, 2.45) is 5.92 Å². The number of nitro groups is 2. The number of carbonyl (C=O) groups is 1. The number of carboxylic acids is 1. The minimum Gasteiger partial charge on any atom is -0.545 e. The second-order valence-electron chi connectivity index (χ2n) is 6.79. The molecule has 0 amide bonds. The van der Waals surface area contributed by atoms with Gasteiger partial charge in [-0.1, -0.05) is 24.3 Å². The molecule has 0 aromatic heterocycles. The van der Waals surface area contributed by atoms with Crippen LogP contribution in [-0.2, 0) is 0 Å². The maximum atomic E-state index is 11.6. The van der Waals surface area contributed by atoms with Crippen molar-refractivity contribution in [3.05, 3.63) is 85.5 Å². The van der Waals surface area contributed by atoms with Gasteiger partial charge in [-0.2, -0.15) is 0 Å². The van der Waals surface area contributed by atoms with Gasteiger partial charge in [-0.15, -0.1) is 0 Å². The molecule has 1 aliphatic heterocycles. The lowest BCUT2D eigenvalue weighted by atomic mass is 9.75. The number of non-ortho nitro benzene ring substituents is 1. The summed E-state index contributed by atoms with van der Waals surface area (Å²) in [5.41, 5.74) is 0.911. The molecule has 28 heavy (non-hydrogen) atoms. The number of carboxylic acid groups (broad SMARTS) is 1. The summed E-state index contributed by atoms with van der Waals surface area (Å²) in [4.78, 5) is 33.0. The summed E-state index contributed by atoms with van der Waals surface area (Å²) < 4.78 is 0. The summed E-state index contributed by atoms with van der Waals surface area (Å²) in [5, 5.41) is 37.2. The second kappa shape index (κ2) is 6.45. The van der Waals surface area contributed by atoms with E-state index in [9.17, 15) is 30.1 Å². The van der Waals surface area contributed by atoms with E-state index in [1.807, 2.05) is 12.2 Å². The van der Waals surface area contributed by atoms with Crippen LogP contribution >= 0.6 is 0 Å². The number of carbonyl (C=O) groups excluding carboxylic acids is 1. The number of nitrogens with one attached hydrogen (secondary N) is 1. The molecule has 0 spiro atoms. The number of aromatic carboxylic acids is 1. The molecule has 0 radical (unpaired) electrons. The van der Waals surface area contributed by atoms with Crippen LogP contribution in [0.2, 0.25) is 0 Å². The zero-order valence-corrected chi connectivity index (χ0v) is 14.4. The lowest BCUT2D eigenvalue weighted by molar-refractivity contribution is -0.385. The van der Waals surface area contributed by atoms with Gasteiger partial charge >= 0.3 is 0 Å². The van der Waals surface area contributed by atoms with E-state index >= 15 is 0 Å². The number of nitrogens with zero attached hydrogens (tertiary/aromatic N) is 2. The van der Waals surface area contributed by atoms with Crippen molar-refractivity contribution < 1.29 is 19.7 Å². The second-order valence-corrected chi connectivity index (χ2v) is 6.79. The molecule has 4 rings (SSSR count). The Morgan fingerprint density at radius 2 is 1.75 bits per heavy atom. The Labute approximate surface area is 158 Å². The van der Waals surface area contributed by atoms with Crippen LogP contribution in [0.25, 0.3) is 0 Å². The van der Waals surface area contributed by atoms with Crippen LogP contribution in [0.5, 0.6) is 0 Å². The topological polar surface area (TPSA) is 138 Å². The zero-order valence-electron chi connectivity index (χ0n) is 14.4. The molecule has 0 saturated heterocycles. The molecule has 9 nitrogen and oxygen atoms in total. The van der Waals surface area contributed by atoms with E-state index in [0.717, 1.165) is 5.56 Å². The van der Waals surface area contributed by atoms with Crippen molar-refractivity contribution in [3.8, 4) is 0 Å². The van der Waals surface area contributed by atoms with Gasteiger partial charge in [0.2, 0.25) is 0 Å². The summed E-state index contributed by atoms with van der Waals surface area (Å²) >= 11 is 0. The van der Waals surface area contributed by atoms with E-state index in [4.69, 9.17) is 0 Å². The van der Waals surface area contributed by atoms with Crippen LogP contribution < -0.4 is 10.4 Å². The number of fused-ring (bicyclic) bond motifs is 3. The first-order valence-electron chi connectivity index (χ1n) is 8.58. The van der Waals surface area contributed by atoms with Crippen molar-refractivity contribution in [2.45, 2.75) is 18.4 Å². The molecular weight excluding hydrogens is 366 g/mol. The SMILES string of the molecule is O=C([O-])c1ccc([N+](=O)[O-])c2c1N[C@@H](c1ccc([N+](=O)[O-])cc1)[C@@H]1CC=C[C@H]21. The van der Waals surface area contributed by atoms with Gasteiger partial charge in [0.1, 0.15) is 0 Å². The Morgan fingerprint density at radius 1 is 1.04 bits per heavy atom. The number of allylic oxidation sites excluding steroid dienone is 2. The number of benzene rings is 2. The third kappa shape index (κ3) is 2.68. The minimum absolute atomic E-state index is 0.0490. The number of nitro benzene ring substituents is 2. The third-order valence-corrected chi connectivity index (χ3v) is 5.38. The molecule has 0 saturated carbocycles. The molecule has 142 valence electrons. The van der Waals surface area contributed by atoms with Crippen LogP contribution in [0.3, 0.4) is 0 Å². The van der Waals surface area contributed by atoms with E-state index in [-0.39, 0.29) is 40.5 Å². The Kier molecular flexibility index (Phi) is 4.07. The molecule has 0 bridgehead atoms. The summed E-state index contributed by atoms with van der Waals surface area (Å²) in [6, 6.07) is 8.02. The number of rotatable bonds is 4. The third-order valence-electron chi connectivity index (χ3n) is 5.38. The Hall–Kier alpha value is -3.75. The first kappa shape index (κ1) is 17.7. The number of anilines is 1. The highest BCUT2D eigenvalue weighted by Crippen LogP contribution is 2.53. The monoisotopic (exact) mass is 380 g/mol. The van der Waals surface area contributed by atoms with Crippen LogP contribution in [0.15, 0.2) is 48.6 Å². The fourth-order valence-corrected chi connectivity index (χ4v) is 4.15. The molecule has 1 N–H and O–H groups in total. The average molecular weight is 380 g/mol. The smallest absolute Gasteiger partial charge is 0.275 e. The largest absolute Gasteiger partial charge is 0.545 e. The maximum Gasteiger partial charge on any atom is 0.275 e. The number of hydrogen-bond acceptors (Lipinski definition) is 7. The summed E-state index contributed by atoms with van der Waals surface area (Å²) in [5.74, 6) is -1.85. The van der Waals surface area contributed by atoms with Gasteiger partial charge < -0.3 is 15.2 Å². The van der Waals surface area contributed by atoms with Crippen LogP contribution in [-0.4, -0.2) is 15.8 Å². The Balaban J connectivity index is 1.86. The maximum absolute atomic E-state index is 11.6. The molecule has 0 fully saturated rings. The van der Waals surface area contributed by atoms with Crippen LogP contribution in [0.4, 0.5) is 17.1 Å². The average Bonchev–Trinajstić information content (AvgIpc) is 3.16. The number of hydrogen-bond donors (Lipinski definition) is 1. The fraction of sp³-hybridized carbons (Fsp3) is 0.211. The zero-order chi connectivity index (χ0) is 20.0. The molecule has 3 atom stereocenters. The van der Waals surface area contributed by atoms with Crippen molar-refractivity contribution in [3.63, 3.8) is 0 Å². The molecule has 9 heteroatoms. The predicted octanol–water partition coefficient (Wildman–Crippen LogP) is 2.69. The molecule has 1 aliphatic carbocycles. The fourth-order valence-electron chi connectivity index (χ4n) is 4.15. The predicted molar refractivity (Wildman–Crippen MR) is 96.9 cm³/mol. The highest BCUT2D eigenvalue weighted by Gasteiger charge is 2.42. The molecule has 0 unspecified atom stereocenters. The normalized spacial score (nSPS) is 22.1. The standard InChI is InChI=1S/C19H15N3O6/c23-19(24)14-8-9-15(22(27)28)16-12-2-1-3-13(12)17(20-18(14)16)10-4-6-11(7-5-10)21(25)26/h1-2,4-9,12-13,17,20H,3H2,(H,23,24)/p-1/t12-,13+,17-/m0/s1. The summed E-state index contributed by atoms with van der Waals surface area (Å²) in [6.07, 6.45) is 4.42. The van der Waals surface area contributed by atoms with Gasteiger partial charge in [0.25, 0.3) is 11.4 Å². The summed E-state index contributed by atoms with van der Waals surface area (Å²) in [6.45, 7) is 0. The first-order valence-corrected chi connectivity index (χ1v) is 8.58. The van der Waals surface area contributed by atoms with Gasteiger partial charge in [-0.25, -0.2) is 0 Å². The van der Waals surface area contributed by atoms with Crippen LogP contribution in [0, 0.1) is 26.1 Å². The minimum atomic E-state index is -1.43. The quantitative estimate of drug-likeness (QED) is 0.489. The Morgan fingerprint density at radius 3 is 2.36 bits per heavy atom. The van der Waals surface area contributed by atoms with Crippen molar-refractivity contribution in [2.75, 3.05) is 5.32 Å². The van der Waals surface area contributed by atoms with Gasteiger partial charge in [0, 0.05) is 29.7 Å². The highest BCUT2D eigenvalue weighted by molar-refractivity contribution is 5.95. The lowest BCUT2D eigenvalue weighted by Crippen LogP contribution is -2.33. The van der Waals surface area contributed by atoms with Crippen LogP contribution in [0.1, 0.15) is 39.9 Å². The van der Waals surface area contributed by atoms with Crippen molar-refractivity contribution >= 4 is 23.0 Å². The molecule has 2 aliphatic rings. The molecule has 1 heterocycles. The van der Waals surface area contributed by atoms with Gasteiger partial charge in [-0.05, 0) is 24.0 Å². The van der Waals surface area contributed by atoms with E-state index < -0.39 is 15.8 Å². The highest BCUT2D eigenvalue weighted by atomic mass is 16.6. The van der Waals surface area contributed by atoms with Crippen molar-refractivity contribution in [1.82, 2.24) is 0 Å². The molecule has 2 aromatic carbocycles. The van der Waals surface area contributed by atoms with E-state index in [0.29, 0.717) is 12.0 Å². The van der Waals surface area contributed by atoms with E-state index in [1.54, 1.807) is 12.1 Å². The summed E-state index contributed by atoms with van der Waals surface area (Å²) in [7, 11) is 0. The molecule has 2 aromatic rings. The Bertz CT molecular complexity index is 1030. The van der Waals surface area contributed by atoms with E-state index in [2.05, 4.69) is 5.32 Å². The van der Waals surface area contributed by atoms with Gasteiger partial charge in [0.15, 0.2) is 0 Å². The first-order chi connectivity index (χ1) is 13.4. The van der Waals surface area contributed by atoms with Crippen molar-refractivity contribution in [1.29, 1.82) is 0 Å². The lowest BCUT2D eigenvalue weighted by Gasteiger charge is -2.38. The molecular formula is C19H14N3O6-. The van der Waals surface area contributed by atoms with Gasteiger partial charge in [0.05, 0.1) is 33.1 Å².